The van der Waals surface area contributed by atoms with E-state index in [-0.39, 0.29) is 0 Å². The van der Waals surface area contributed by atoms with Crippen LogP contribution < -0.4 is 0 Å². The highest BCUT2D eigenvalue weighted by molar-refractivity contribution is 6.17. The van der Waals surface area contributed by atoms with Crippen molar-refractivity contribution in [3.05, 3.63) is 194 Å². The summed E-state index contributed by atoms with van der Waals surface area (Å²) >= 11 is 0. The molecule has 0 aliphatic rings. The Kier molecular flexibility index (Phi) is 7.77. The van der Waals surface area contributed by atoms with E-state index in [1.165, 1.54) is 0 Å². The van der Waals surface area contributed by atoms with Crippen molar-refractivity contribution in [3.63, 3.8) is 0 Å². The maximum atomic E-state index is 6.71. The molecular weight excluding hydrogens is 777 g/mol. The van der Waals surface area contributed by atoms with Crippen LogP contribution in [0.15, 0.2) is 208 Å². The molecule has 0 amide bonds. The van der Waals surface area contributed by atoms with Gasteiger partial charge in [-0.25, -0.2) is 15.0 Å². The fraction of sp³-hybridized carbons (Fsp3) is 0. The molecule has 13 rings (SSSR count). The molecule has 0 radical (unpaired) electrons. The first-order chi connectivity index (χ1) is 31.2. The van der Waals surface area contributed by atoms with Gasteiger partial charge in [0.25, 0.3) is 0 Å². The predicted octanol–water partition coefficient (Wildman–Crippen LogP) is 15.0. The molecule has 13 aromatic rings. The monoisotopic (exact) mass is 808 g/mol. The molecule has 7 heteroatoms. The van der Waals surface area contributed by atoms with Crippen LogP contribution in [0.2, 0.25) is 0 Å². The largest absolute Gasteiger partial charge is 0.456 e. The Hall–Kier alpha value is -8.68. The maximum Gasteiger partial charge on any atom is 0.164 e. The molecule has 0 aliphatic carbocycles. The zero-order valence-corrected chi connectivity index (χ0v) is 33.5. The van der Waals surface area contributed by atoms with Gasteiger partial charge in [-0.2, -0.15) is 0 Å². The lowest BCUT2D eigenvalue weighted by atomic mass is 9.93. The molecular formula is C56H32N4O3. The molecule has 0 aliphatic heterocycles. The zero-order valence-electron chi connectivity index (χ0n) is 33.5. The van der Waals surface area contributed by atoms with Crippen LogP contribution in [0.25, 0.3) is 133 Å². The van der Waals surface area contributed by atoms with Crippen molar-refractivity contribution in [2.75, 3.05) is 0 Å². The number of pyridine rings is 1. The summed E-state index contributed by atoms with van der Waals surface area (Å²) in [5.41, 5.74) is 13.9. The van der Waals surface area contributed by atoms with Crippen molar-refractivity contribution < 1.29 is 13.3 Å². The Labute approximate surface area is 359 Å². The summed E-state index contributed by atoms with van der Waals surface area (Å²) in [6, 6.07) is 62.1. The van der Waals surface area contributed by atoms with Gasteiger partial charge in [0.2, 0.25) is 0 Å². The molecule has 0 saturated heterocycles. The van der Waals surface area contributed by atoms with Crippen molar-refractivity contribution in [1.82, 2.24) is 19.9 Å². The fourth-order valence-corrected chi connectivity index (χ4v) is 8.96. The molecule has 7 nitrogen and oxygen atoms in total. The van der Waals surface area contributed by atoms with Crippen LogP contribution in [-0.4, -0.2) is 19.9 Å². The van der Waals surface area contributed by atoms with Crippen molar-refractivity contribution >= 4 is 65.8 Å². The minimum absolute atomic E-state index is 0.555. The lowest BCUT2D eigenvalue weighted by Gasteiger charge is -2.11. The first kappa shape index (κ1) is 35.1. The summed E-state index contributed by atoms with van der Waals surface area (Å²) in [4.78, 5) is 19.5. The fourth-order valence-electron chi connectivity index (χ4n) is 8.96. The molecule has 294 valence electrons. The maximum absolute atomic E-state index is 6.71. The van der Waals surface area contributed by atoms with Gasteiger partial charge in [-0.1, -0.05) is 127 Å². The minimum Gasteiger partial charge on any atom is -0.456 e. The van der Waals surface area contributed by atoms with Crippen LogP contribution in [0.5, 0.6) is 0 Å². The number of nitrogens with zero attached hydrogens (tertiary/aromatic N) is 4. The number of furan rings is 3. The number of benzene rings is 8. The van der Waals surface area contributed by atoms with Gasteiger partial charge in [0.15, 0.2) is 17.5 Å². The Morgan fingerprint density at radius 3 is 1.52 bits per heavy atom. The van der Waals surface area contributed by atoms with Gasteiger partial charge in [0.1, 0.15) is 33.5 Å². The van der Waals surface area contributed by atoms with Gasteiger partial charge in [0, 0.05) is 67.0 Å². The Balaban J connectivity index is 0.921. The third-order valence-corrected chi connectivity index (χ3v) is 12.1. The standard InChI is InChI=1S/C56H32N4O3/c1-4-12-47-42(9-1)44-25-23-38(31-51(44)62-47)56-59-54(35-19-15-33(16-20-35)39-8-7-29-57-32-39)58-55(60-56)36-21-17-34(18-22-36)41-27-26-40(52-45-11-3-6-14-49(45)63-53(41)52)37-24-28-50-46(30-37)43-10-2-5-13-48(43)61-50/h1-32H. The van der Waals surface area contributed by atoms with Gasteiger partial charge in [-0.15, -0.1) is 0 Å². The van der Waals surface area contributed by atoms with Gasteiger partial charge < -0.3 is 13.3 Å². The highest BCUT2D eigenvalue weighted by atomic mass is 16.3. The average molecular weight is 809 g/mol. The molecule has 0 unspecified atom stereocenters. The summed E-state index contributed by atoms with van der Waals surface area (Å²) in [5.74, 6) is 1.69. The molecule has 0 fully saturated rings. The summed E-state index contributed by atoms with van der Waals surface area (Å²) in [7, 11) is 0. The molecule has 0 bridgehead atoms. The van der Waals surface area contributed by atoms with Crippen LogP contribution in [0, 0.1) is 0 Å². The smallest absolute Gasteiger partial charge is 0.164 e. The van der Waals surface area contributed by atoms with E-state index >= 15 is 0 Å². The quantitative estimate of drug-likeness (QED) is 0.165. The van der Waals surface area contributed by atoms with Crippen molar-refractivity contribution in [3.8, 4) is 67.5 Å². The van der Waals surface area contributed by atoms with Crippen LogP contribution >= 0.6 is 0 Å². The first-order valence-electron chi connectivity index (χ1n) is 20.8. The van der Waals surface area contributed by atoms with Crippen molar-refractivity contribution in [1.29, 1.82) is 0 Å². The number of fused-ring (bicyclic) bond motifs is 9. The molecule has 8 aromatic carbocycles. The van der Waals surface area contributed by atoms with E-state index < -0.39 is 0 Å². The molecule has 5 aromatic heterocycles. The summed E-state index contributed by atoms with van der Waals surface area (Å²) < 4.78 is 19.2. The summed E-state index contributed by atoms with van der Waals surface area (Å²) in [6.07, 6.45) is 3.64. The highest BCUT2D eigenvalue weighted by Gasteiger charge is 2.20. The number of para-hydroxylation sites is 3. The van der Waals surface area contributed by atoms with Crippen molar-refractivity contribution in [2.24, 2.45) is 0 Å². The second-order valence-corrected chi connectivity index (χ2v) is 15.8. The third kappa shape index (κ3) is 5.82. The van der Waals surface area contributed by atoms with Crippen LogP contribution in [0.4, 0.5) is 0 Å². The SMILES string of the molecule is c1cncc(-c2ccc(-c3nc(-c4ccc(-c5ccc(-c6ccc7oc8ccccc8c7c6)c6c5oc5ccccc56)cc4)nc(-c4ccc5c(c4)oc4ccccc45)n3)cc2)c1. The molecule has 0 spiro atoms. The average Bonchev–Trinajstić information content (AvgIpc) is 4.05. The number of hydrogen-bond acceptors (Lipinski definition) is 7. The van der Waals surface area contributed by atoms with Gasteiger partial charge >= 0.3 is 0 Å². The highest BCUT2D eigenvalue weighted by Crippen LogP contribution is 2.43. The van der Waals surface area contributed by atoms with E-state index in [1.54, 1.807) is 6.20 Å². The normalized spacial score (nSPS) is 11.8. The Bertz CT molecular complexity index is 3900. The number of hydrogen-bond donors (Lipinski definition) is 0. The molecule has 63 heavy (non-hydrogen) atoms. The molecule has 5 heterocycles. The van der Waals surface area contributed by atoms with Crippen LogP contribution in [-0.2, 0) is 0 Å². The minimum atomic E-state index is 0.555. The third-order valence-electron chi connectivity index (χ3n) is 12.1. The van der Waals surface area contributed by atoms with Crippen molar-refractivity contribution in [2.45, 2.75) is 0 Å². The molecule has 0 atom stereocenters. The van der Waals surface area contributed by atoms with Crippen LogP contribution in [0.3, 0.4) is 0 Å². The van der Waals surface area contributed by atoms with E-state index in [1.807, 2.05) is 60.8 Å². The van der Waals surface area contributed by atoms with Gasteiger partial charge in [-0.05, 0) is 82.4 Å². The number of aromatic nitrogens is 4. The first-order valence-corrected chi connectivity index (χ1v) is 20.8. The second-order valence-electron chi connectivity index (χ2n) is 15.8. The Morgan fingerprint density at radius 1 is 0.302 bits per heavy atom. The number of rotatable bonds is 6. The zero-order chi connectivity index (χ0) is 41.4. The Morgan fingerprint density at radius 2 is 0.825 bits per heavy atom. The molecule has 0 N–H and O–H groups in total. The predicted molar refractivity (Wildman–Crippen MR) is 252 cm³/mol. The summed E-state index contributed by atoms with van der Waals surface area (Å²) in [6.45, 7) is 0. The van der Waals surface area contributed by atoms with Gasteiger partial charge in [0.05, 0.1) is 0 Å². The summed E-state index contributed by atoms with van der Waals surface area (Å²) in [5, 5.41) is 6.45. The van der Waals surface area contributed by atoms with E-state index in [0.717, 1.165) is 116 Å². The molecule has 0 saturated carbocycles. The van der Waals surface area contributed by atoms with Crippen LogP contribution in [0.1, 0.15) is 0 Å². The van der Waals surface area contributed by atoms with Gasteiger partial charge in [-0.3, -0.25) is 4.98 Å². The van der Waals surface area contributed by atoms with E-state index in [4.69, 9.17) is 28.2 Å². The van der Waals surface area contributed by atoms with E-state index in [2.05, 4.69) is 132 Å². The lowest BCUT2D eigenvalue weighted by Crippen LogP contribution is -2.00. The lowest BCUT2D eigenvalue weighted by molar-refractivity contribution is 0.668. The topological polar surface area (TPSA) is 91.0 Å². The van der Waals surface area contributed by atoms with E-state index in [0.29, 0.717) is 17.5 Å². The van der Waals surface area contributed by atoms with E-state index in [9.17, 15) is 0 Å². The second kappa shape index (κ2) is 13.9.